The molecule has 0 atom stereocenters. The van der Waals surface area contributed by atoms with Crippen molar-refractivity contribution in [2.75, 3.05) is 5.73 Å². The number of benzene rings is 3. The van der Waals surface area contributed by atoms with Crippen LogP contribution in [0, 0.1) is 0 Å². The molecule has 0 aliphatic carbocycles. The van der Waals surface area contributed by atoms with E-state index in [1.54, 1.807) is 24.3 Å². The van der Waals surface area contributed by atoms with E-state index in [4.69, 9.17) is 10.3 Å². The van der Waals surface area contributed by atoms with E-state index in [9.17, 15) is 13.5 Å². The van der Waals surface area contributed by atoms with Gasteiger partial charge in [-0.3, -0.25) is 4.55 Å². The van der Waals surface area contributed by atoms with Gasteiger partial charge in [-0.05, 0) is 47.9 Å². The van der Waals surface area contributed by atoms with E-state index in [-0.39, 0.29) is 16.3 Å². The minimum atomic E-state index is -4.31. The van der Waals surface area contributed by atoms with Gasteiger partial charge in [0.25, 0.3) is 10.1 Å². The van der Waals surface area contributed by atoms with E-state index in [1.807, 2.05) is 0 Å². The lowest BCUT2D eigenvalue weighted by Crippen LogP contribution is -1.97. The van der Waals surface area contributed by atoms with Crippen LogP contribution in [0.15, 0.2) is 69.7 Å². The van der Waals surface area contributed by atoms with Crippen LogP contribution in [-0.4, -0.2) is 18.1 Å². The molecule has 0 aliphatic heterocycles. The second-order valence-corrected chi connectivity index (χ2v) is 6.50. The first-order valence-electron chi connectivity index (χ1n) is 6.85. The zero-order valence-electron chi connectivity index (χ0n) is 12.3. The van der Waals surface area contributed by atoms with E-state index >= 15 is 0 Å². The zero-order valence-corrected chi connectivity index (χ0v) is 13.1. The van der Waals surface area contributed by atoms with Crippen molar-refractivity contribution in [1.29, 1.82) is 0 Å². The summed E-state index contributed by atoms with van der Waals surface area (Å²) in [5.41, 5.74) is 6.95. The van der Waals surface area contributed by atoms with Crippen molar-refractivity contribution < 1.29 is 18.1 Å². The summed E-state index contributed by atoms with van der Waals surface area (Å²) in [5.74, 6) is -0.0960. The normalized spacial score (nSPS) is 12.0. The molecule has 0 aliphatic rings. The summed E-state index contributed by atoms with van der Waals surface area (Å²) in [5, 5.41) is 19.1. The fourth-order valence-corrected chi connectivity index (χ4v) is 2.71. The van der Waals surface area contributed by atoms with Crippen LogP contribution >= 0.6 is 0 Å². The van der Waals surface area contributed by atoms with E-state index in [2.05, 4.69) is 10.2 Å². The number of phenolic OH excluding ortho intramolecular Hbond substituents is 1. The maximum absolute atomic E-state index is 11.2. The topological polar surface area (TPSA) is 125 Å². The zero-order chi connectivity index (χ0) is 17.3. The molecule has 4 N–H and O–H groups in total. The molecule has 0 saturated carbocycles. The van der Waals surface area contributed by atoms with Crippen molar-refractivity contribution in [2.45, 2.75) is 4.90 Å². The van der Waals surface area contributed by atoms with Gasteiger partial charge in [0.15, 0.2) is 0 Å². The molecule has 0 heterocycles. The number of rotatable bonds is 3. The number of nitrogen functional groups attached to an aromatic ring is 1. The number of hydrogen-bond acceptors (Lipinski definition) is 6. The Morgan fingerprint density at radius 2 is 1.62 bits per heavy atom. The highest BCUT2D eigenvalue weighted by atomic mass is 32.2. The Labute approximate surface area is 137 Å². The van der Waals surface area contributed by atoms with Gasteiger partial charge in [0, 0.05) is 11.1 Å². The third-order valence-corrected chi connectivity index (χ3v) is 4.25. The Morgan fingerprint density at radius 1 is 0.917 bits per heavy atom. The number of nitrogens with zero attached hydrogens (tertiary/aromatic N) is 2. The molecule has 0 amide bonds. The fraction of sp³-hybridized carbons (Fsp3) is 0. The molecule has 0 fully saturated rings. The standard InChI is InChI=1S/C16H13N3O4S/c17-11-2-4-12(5-3-11)18-19-16-14-7-6-13(24(21,22)23)9-10(14)1-8-15(16)20/h1-9,20H,17H2,(H,21,22,23). The largest absolute Gasteiger partial charge is 0.506 e. The van der Waals surface area contributed by atoms with Crippen LogP contribution in [0.25, 0.3) is 10.8 Å². The smallest absolute Gasteiger partial charge is 0.294 e. The molecule has 122 valence electrons. The molecule has 7 nitrogen and oxygen atoms in total. The van der Waals surface area contributed by atoms with Gasteiger partial charge in [-0.2, -0.15) is 13.5 Å². The van der Waals surface area contributed by atoms with Crippen molar-refractivity contribution >= 4 is 38.0 Å². The summed E-state index contributed by atoms with van der Waals surface area (Å²) in [6, 6.07) is 13.6. The maximum atomic E-state index is 11.2. The molecular weight excluding hydrogens is 330 g/mol. The maximum Gasteiger partial charge on any atom is 0.294 e. The molecule has 8 heteroatoms. The monoisotopic (exact) mass is 343 g/mol. The molecule has 0 bridgehead atoms. The predicted octanol–water partition coefficient (Wildman–Crippen LogP) is 3.79. The molecule has 0 spiro atoms. The summed E-state index contributed by atoms with van der Waals surface area (Å²) < 4.78 is 31.6. The van der Waals surface area contributed by atoms with Crippen LogP contribution in [0.4, 0.5) is 17.1 Å². The number of phenols is 1. The quantitative estimate of drug-likeness (QED) is 0.379. The first-order chi connectivity index (χ1) is 11.3. The van der Waals surface area contributed by atoms with Crippen LogP contribution in [-0.2, 0) is 10.1 Å². The van der Waals surface area contributed by atoms with Gasteiger partial charge in [-0.15, -0.1) is 5.11 Å². The van der Waals surface area contributed by atoms with Crippen molar-refractivity contribution in [3.05, 3.63) is 54.6 Å². The second kappa shape index (κ2) is 5.91. The number of anilines is 1. The van der Waals surface area contributed by atoms with Gasteiger partial charge in [0.05, 0.1) is 10.6 Å². The lowest BCUT2D eigenvalue weighted by molar-refractivity contribution is 0.477. The van der Waals surface area contributed by atoms with Crippen molar-refractivity contribution in [1.82, 2.24) is 0 Å². The predicted molar refractivity (Wildman–Crippen MR) is 90.5 cm³/mol. The Morgan fingerprint density at radius 3 is 2.29 bits per heavy atom. The average Bonchev–Trinajstić information content (AvgIpc) is 2.54. The number of hydrogen-bond donors (Lipinski definition) is 3. The lowest BCUT2D eigenvalue weighted by Gasteiger charge is -2.05. The highest BCUT2D eigenvalue weighted by Crippen LogP contribution is 2.37. The number of azo groups is 1. The van der Waals surface area contributed by atoms with E-state index < -0.39 is 10.1 Å². The number of aromatic hydroxyl groups is 1. The van der Waals surface area contributed by atoms with Crippen LogP contribution in [0.2, 0.25) is 0 Å². The molecule has 0 aromatic heterocycles. The number of nitrogens with two attached hydrogens (primary N) is 1. The first kappa shape index (κ1) is 15.9. The summed E-state index contributed by atoms with van der Waals surface area (Å²) in [4.78, 5) is -0.234. The minimum Gasteiger partial charge on any atom is -0.506 e. The Balaban J connectivity index is 2.10. The molecule has 24 heavy (non-hydrogen) atoms. The Kier molecular flexibility index (Phi) is 3.92. The first-order valence-corrected chi connectivity index (χ1v) is 8.29. The third-order valence-electron chi connectivity index (χ3n) is 3.40. The second-order valence-electron chi connectivity index (χ2n) is 5.08. The van der Waals surface area contributed by atoms with Crippen LogP contribution in [0.3, 0.4) is 0 Å². The molecule has 3 aromatic rings. The lowest BCUT2D eigenvalue weighted by atomic mass is 10.1. The van der Waals surface area contributed by atoms with Crippen LogP contribution in [0.1, 0.15) is 0 Å². The summed E-state index contributed by atoms with van der Waals surface area (Å²) in [6.07, 6.45) is 0. The van der Waals surface area contributed by atoms with Gasteiger partial charge in [0.1, 0.15) is 11.4 Å². The van der Waals surface area contributed by atoms with Crippen LogP contribution in [0.5, 0.6) is 5.75 Å². The van der Waals surface area contributed by atoms with Gasteiger partial charge in [-0.1, -0.05) is 12.1 Å². The number of fused-ring (bicyclic) bond motifs is 1. The van der Waals surface area contributed by atoms with E-state index in [0.717, 1.165) is 0 Å². The molecule has 3 aromatic carbocycles. The van der Waals surface area contributed by atoms with E-state index in [1.165, 1.54) is 30.3 Å². The summed E-state index contributed by atoms with van der Waals surface area (Å²) in [7, 11) is -4.31. The van der Waals surface area contributed by atoms with Gasteiger partial charge in [-0.25, -0.2) is 0 Å². The molecule has 0 saturated heterocycles. The highest BCUT2D eigenvalue weighted by molar-refractivity contribution is 7.85. The molecular formula is C16H13N3O4S. The third kappa shape index (κ3) is 3.19. The molecule has 0 radical (unpaired) electrons. The van der Waals surface area contributed by atoms with Gasteiger partial charge < -0.3 is 10.8 Å². The van der Waals surface area contributed by atoms with Crippen molar-refractivity contribution in [3.63, 3.8) is 0 Å². The Bertz CT molecular complexity index is 1040. The summed E-state index contributed by atoms with van der Waals surface area (Å²) >= 11 is 0. The molecule has 0 unspecified atom stereocenters. The van der Waals surface area contributed by atoms with Crippen LogP contribution < -0.4 is 5.73 Å². The SMILES string of the molecule is Nc1ccc(N=Nc2c(O)ccc3cc(S(=O)(=O)O)ccc23)cc1. The van der Waals surface area contributed by atoms with E-state index in [0.29, 0.717) is 22.1 Å². The Hall–Kier alpha value is -2.97. The van der Waals surface area contributed by atoms with Crippen molar-refractivity contribution in [2.24, 2.45) is 10.2 Å². The highest BCUT2D eigenvalue weighted by Gasteiger charge is 2.13. The van der Waals surface area contributed by atoms with Gasteiger partial charge in [0.2, 0.25) is 0 Å². The fourth-order valence-electron chi connectivity index (χ4n) is 2.19. The molecule has 3 rings (SSSR count). The minimum absolute atomic E-state index is 0.0960. The average molecular weight is 343 g/mol. The van der Waals surface area contributed by atoms with Crippen molar-refractivity contribution in [3.8, 4) is 5.75 Å². The summed E-state index contributed by atoms with van der Waals surface area (Å²) in [6.45, 7) is 0. The van der Waals surface area contributed by atoms with Gasteiger partial charge >= 0.3 is 0 Å².